The zero-order valence-corrected chi connectivity index (χ0v) is 17.0. The molecule has 0 aliphatic heterocycles. The van der Waals surface area contributed by atoms with Gasteiger partial charge in [0, 0.05) is 41.2 Å². The lowest BCUT2D eigenvalue weighted by atomic mass is 10.3. The highest BCUT2D eigenvalue weighted by Crippen LogP contribution is 2.15. The average Bonchev–Trinajstić information content (AvgIpc) is 3.35. The summed E-state index contributed by atoms with van der Waals surface area (Å²) >= 11 is 3.52. The van der Waals surface area contributed by atoms with Gasteiger partial charge in [-0.2, -0.15) is 0 Å². The number of hydrogen-bond acceptors (Lipinski definition) is 5. The Kier molecular flexibility index (Phi) is 7.80. The van der Waals surface area contributed by atoms with E-state index in [9.17, 15) is 0 Å². The van der Waals surface area contributed by atoms with E-state index in [0.717, 1.165) is 42.0 Å². The summed E-state index contributed by atoms with van der Waals surface area (Å²) in [5.74, 6) is 2.75. The number of thiazole rings is 1. The SMILES string of the molecule is Cc1cnc(CN=C(NCCSc2ccccc2)NCCc2ccco2)s1. The van der Waals surface area contributed by atoms with E-state index in [1.165, 1.54) is 9.77 Å². The zero-order chi connectivity index (χ0) is 18.7. The molecule has 0 aliphatic carbocycles. The number of thioether (sulfide) groups is 1. The molecule has 2 aromatic heterocycles. The van der Waals surface area contributed by atoms with Gasteiger partial charge < -0.3 is 15.1 Å². The molecule has 2 heterocycles. The molecule has 7 heteroatoms. The molecule has 0 fully saturated rings. The van der Waals surface area contributed by atoms with Crippen molar-refractivity contribution in [1.82, 2.24) is 15.6 Å². The van der Waals surface area contributed by atoms with Crippen molar-refractivity contribution >= 4 is 29.1 Å². The molecule has 0 aliphatic rings. The summed E-state index contributed by atoms with van der Waals surface area (Å²) in [6.45, 7) is 4.25. The number of aliphatic imine (C=N–C) groups is 1. The summed E-state index contributed by atoms with van der Waals surface area (Å²) in [5, 5.41) is 7.82. The van der Waals surface area contributed by atoms with Crippen molar-refractivity contribution in [3.8, 4) is 0 Å². The van der Waals surface area contributed by atoms with E-state index in [0.29, 0.717) is 6.54 Å². The number of aryl methyl sites for hydroxylation is 1. The first-order valence-corrected chi connectivity index (χ1v) is 10.7. The number of nitrogens with one attached hydrogen (secondary N) is 2. The van der Waals surface area contributed by atoms with Crippen LogP contribution in [0, 0.1) is 6.92 Å². The lowest BCUT2D eigenvalue weighted by Gasteiger charge is -2.12. The second-order valence-corrected chi connectivity index (χ2v) is 8.36. The van der Waals surface area contributed by atoms with E-state index >= 15 is 0 Å². The van der Waals surface area contributed by atoms with Crippen LogP contribution >= 0.6 is 23.1 Å². The van der Waals surface area contributed by atoms with E-state index in [2.05, 4.69) is 51.8 Å². The van der Waals surface area contributed by atoms with E-state index < -0.39 is 0 Å². The van der Waals surface area contributed by atoms with Crippen LogP contribution in [0.5, 0.6) is 0 Å². The van der Waals surface area contributed by atoms with E-state index in [-0.39, 0.29) is 0 Å². The molecule has 0 amide bonds. The van der Waals surface area contributed by atoms with Gasteiger partial charge in [0.1, 0.15) is 10.8 Å². The number of guanidine groups is 1. The second kappa shape index (κ2) is 10.8. The number of hydrogen-bond donors (Lipinski definition) is 2. The van der Waals surface area contributed by atoms with E-state index in [4.69, 9.17) is 4.42 Å². The summed E-state index contributed by atoms with van der Waals surface area (Å²) in [7, 11) is 0. The Labute approximate surface area is 168 Å². The molecule has 0 bridgehead atoms. The highest BCUT2D eigenvalue weighted by molar-refractivity contribution is 7.99. The molecule has 0 saturated carbocycles. The Morgan fingerprint density at radius 1 is 1.15 bits per heavy atom. The molecular weight excluding hydrogens is 376 g/mol. The molecule has 0 spiro atoms. The maximum Gasteiger partial charge on any atom is 0.191 e. The summed E-state index contributed by atoms with van der Waals surface area (Å²) in [5.41, 5.74) is 0. The van der Waals surface area contributed by atoms with Crippen LogP contribution in [0.1, 0.15) is 15.6 Å². The number of benzene rings is 1. The first-order valence-electron chi connectivity index (χ1n) is 8.93. The first kappa shape index (κ1) is 19.5. The Bertz CT molecular complexity index is 816. The first-order chi connectivity index (χ1) is 13.3. The number of nitrogens with zero attached hydrogens (tertiary/aromatic N) is 2. The fourth-order valence-corrected chi connectivity index (χ4v) is 3.91. The third kappa shape index (κ3) is 7.11. The lowest BCUT2D eigenvalue weighted by Crippen LogP contribution is -2.39. The predicted molar refractivity (Wildman–Crippen MR) is 114 cm³/mol. The standard InChI is InChI=1S/C20H24N4OS2/c1-16-14-23-19(27-16)15-24-20(21-10-9-17-6-5-12-25-17)22-11-13-26-18-7-3-2-4-8-18/h2-8,12,14H,9-11,13,15H2,1H3,(H2,21,22,24). The molecular formula is C20H24N4OS2. The molecule has 0 atom stereocenters. The molecule has 5 nitrogen and oxygen atoms in total. The summed E-state index contributed by atoms with van der Waals surface area (Å²) in [6, 6.07) is 14.3. The van der Waals surface area contributed by atoms with Crippen LogP contribution in [0.25, 0.3) is 0 Å². The van der Waals surface area contributed by atoms with E-state index in [1.807, 2.05) is 36.2 Å². The topological polar surface area (TPSA) is 62.5 Å². The molecule has 2 N–H and O–H groups in total. The van der Waals surface area contributed by atoms with Gasteiger partial charge in [0.05, 0.1) is 12.8 Å². The third-order valence-corrected chi connectivity index (χ3v) is 5.60. The molecule has 27 heavy (non-hydrogen) atoms. The van der Waals surface area contributed by atoms with Crippen molar-refractivity contribution < 1.29 is 4.42 Å². The number of furan rings is 1. The summed E-state index contributed by atoms with van der Waals surface area (Å²) < 4.78 is 5.38. The Morgan fingerprint density at radius 3 is 2.74 bits per heavy atom. The van der Waals surface area contributed by atoms with Crippen LogP contribution < -0.4 is 10.6 Å². The molecule has 1 aromatic carbocycles. The van der Waals surface area contributed by atoms with E-state index in [1.54, 1.807) is 17.6 Å². The number of aromatic nitrogens is 1. The van der Waals surface area contributed by atoms with Crippen LogP contribution in [0.4, 0.5) is 0 Å². The van der Waals surface area contributed by atoms with Gasteiger partial charge in [0.25, 0.3) is 0 Å². The van der Waals surface area contributed by atoms with Crippen molar-refractivity contribution in [3.63, 3.8) is 0 Å². The van der Waals surface area contributed by atoms with Gasteiger partial charge in [0.15, 0.2) is 5.96 Å². The minimum absolute atomic E-state index is 0.584. The summed E-state index contributed by atoms with van der Waals surface area (Å²) in [4.78, 5) is 11.5. The lowest BCUT2D eigenvalue weighted by molar-refractivity contribution is 0.507. The maximum absolute atomic E-state index is 5.38. The maximum atomic E-state index is 5.38. The minimum Gasteiger partial charge on any atom is -0.469 e. The largest absolute Gasteiger partial charge is 0.469 e. The van der Waals surface area contributed by atoms with Gasteiger partial charge in [-0.05, 0) is 31.2 Å². The van der Waals surface area contributed by atoms with Gasteiger partial charge in [-0.15, -0.1) is 23.1 Å². The zero-order valence-electron chi connectivity index (χ0n) is 15.4. The predicted octanol–water partition coefficient (Wildman–Crippen LogP) is 4.11. The Morgan fingerprint density at radius 2 is 2.00 bits per heavy atom. The van der Waals surface area contributed by atoms with Crippen LogP contribution in [0.15, 0.2) is 69.2 Å². The van der Waals surface area contributed by atoms with Crippen molar-refractivity contribution in [2.75, 3.05) is 18.8 Å². The monoisotopic (exact) mass is 400 g/mol. The van der Waals surface area contributed by atoms with Crippen LogP contribution in [-0.2, 0) is 13.0 Å². The van der Waals surface area contributed by atoms with Crippen molar-refractivity contribution in [2.45, 2.75) is 24.8 Å². The molecule has 0 radical (unpaired) electrons. The highest BCUT2D eigenvalue weighted by atomic mass is 32.2. The van der Waals surface area contributed by atoms with Crippen molar-refractivity contribution in [1.29, 1.82) is 0 Å². The molecule has 142 valence electrons. The molecule has 3 aromatic rings. The Hall–Kier alpha value is -2.25. The minimum atomic E-state index is 0.584. The summed E-state index contributed by atoms with van der Waals surface area (Å²) in [6.07, 6.45) is 4.42. The van der Waals surface area contributed by atoms with Gasteiger partial charge >= 0.3 is 0 Å². The van der Waals surface area contributed by atoms with Crippen molar-refractivity contribution in [3.05, 3.63) is 70.6 Å². The quantitative estimate of drug-likeness (QED) is 0.245. The van der Waals surface area contributed by atoms with Crippen LogP contribution in [-0.4, -0.2) is 29.8 Å². The normalized spacial score (nSPS) is 11.5. The average molecular weight is 401 g/mol. The second-order valence-electron chi connectivity index (χ2n) is 5.87. The van der Waals surface area contributed by atoms with Gasteiger partial charge in [0.2, 0.25) is 0 Å². The van der Waals surface area contributed by atoms with Crippen molar-refractivity contribution in [2.24, 2.45) is 4.99 Å². The van der Waals surface area contributed by atoms with Gasteiger partial charge in [-0.3, -0.25) is 0 Å². The van der Waals surface area contributed by atoms with Crippen LogP contribution in [0.3, 0.4) is 0 Å². The Balaban J connectivity index is 1.48. The molecule has 0 unspecified atom stereocenters. The van der Waals surface area contributed by atoms with Gasteiger partial charge in [-0.25, -0.2) is 9.98 Å². The fraction of sp³-hybridized carbons (Fsp3) is 0.300. The molecule has 3 rings (SSSR count). The molecule has 0 saturated heterocycles. The van der Waals surface area contributed by atoms with Gasteiger partial charge in [-0.1, -0.05) is 18.2 Å². The highest BCUT2D eigenvalue weighted by Gasteiger charge is 2.03. The van der Waals surface area contributed by atoms with Crippen LogP contribution in [0.2, 0.25) is 0 Å². The smallest absolute Gasteiger partial charge is 0.191 e. The number of rotatable bonds is 9. The fourth-order valence-electron chi connectivity index (χ4n) is 2.41. The third-order valence-electron chi connectivity index (χ3n) is 3.69.